The van der Waals surface area contributed by atoms with Crippen LogP contribution in [0.15, 0.2) is 0 Å². The largest absolute Gasteiger partial charge is 0.383 e. The third-order valence-corrected chi connectivity index (χ3v) is 2.55. The molecular weight excluding hydrogens is 222 g/mol. The van der Waals surface area contributed by atoms with Crippen molar-refractivity contribution in [2.45, 2.75) is 18.9 Å². The molecular formula is C9H18ClNO2S. The summed E-state index contributed by atoms with van der Waals surface area (Å²) in [7, 11) is 1.62. The molecule has 84 valence electrons. The third-order valence-electron chi connectivity index (χ3n) is 1.72. The predicted molar refractivity (Wildman–Crippen MR) is 62.1 cm³/mol. The molecule has 14 heavy (non-hydrogen) atoms. The minimum Gasteiger partial charge on any atom is -0.383 e. The summed E-state index contributed by atoms with van der Waals surface area (Å²) in [5.74, 6) is 1.47. The van der Waals surface area contributed by atoms with Crippen molar-refractivity contribution in [1.29, 1.82) is 0 Å². The fraction of sp³-hybridized carbons (Fsp3) is 0.889. The van der Waals surface area contributed by atoms with Crippen molar-refractivity contribution in [2.24, 2.45) is 0 Å². The number of alkyl halides is 1. The van der Waals surface area contributed by atoms with Crippen molar-refractivity contribution >= 4 is 29.3 Å². The van der Waals surface area contributed by atoms with Gasteiger partial charge in [-0.1, -0.05) is 0 Å². The Morgan fingerprint density at radius 3 is 2.86 bits per heavy atom. The van der Waals surface area contributed by atoms with Gasteiger partial charge < -0.3 is 10.1 Å². The fourth-order valence-corrected chi connectivity index (χ4v) is 1.68. The smallest absolute Gasteiger partial charge is 0.221 e. The lowest BCUT2D eigenvalue weighted by Crippen LogP contribution is -2.38. The number of rotatable bonds is 8. The summed E-state index contributed by atoms with van der Waals surface area (Å²) in [6.45, 7) is 0.526. The maximum absolute atomic E-state index is 11.3. The van der Waals surface area contributed by atoms with Crippen LogP contribution in [-0.4, -0.2) is 43.6 Å². The molecule has 0 aromatic heterocycles. The van der Waals surface area contributed by atoms with Gasteiger partial charge in [0.2, 0.25) is 5.91 Å². The molecule has 1 amide bonds. The molecule has 0 spiro atoms. The second-order valence-corrected chi connectivity index (χ2v) is 4.30. The highest BCUT2D eigenvalue weighted by Gasteiger charge is 2.10. The van der Waals surface area contributed by atoms with E-state index in [1.54, 1.807) is 18.9 Å². The normalized spacial score (nSPS) is 12.5. The average molecular weight is 240 g/mol. The number of hydrogen-bond acceptors (Lipinski definition) is 3. The molecule has 1 unspecified atom stereocenters. The molecule has 3 nitrogen and oxygen atoms in total. The topological polar surface area (TPSA) is 38.3 Å². The Labute approximate surface area is 94.9 Å². The highest BCUT2D eigenvalue weighted by Crippen LogP contribution is 1.99. The van der Waals surface area contributed by atoms with Gasteiger partial charge in [-0.15, -0.1) is 11.6 Å². The number of carbonyl (C=O) groups is 1. The van der Waals surface area contributed by atoms with Crippen LogP contribution in [0.3, 0.4) is 0 Å². The lowest BCUT2D eigenvalue weighted by atomic mass is 10.2. The van der Waals surface area contributed by atoms with E-state index in [2.05, 4.69) is 5.32 Å². The maximum atomic E-state index is 11.3. The number of halogens is 1. The second-order valence-electron chi connectivity index (χ2n) is 2.94. The minimum absolute atomic E-state index is 0.0480. The summed E-state index contributed by atoms with van der Waals surface area (Å²) < 4.78 is 4.98. The van der Waals surface area contributed by atoms with Gasteiger partial charge in [0.1, 0.15) is 0 Å². The molecule has 0 saturated carbocycles. The summed E-state index contributed by atoms with van der Waals surface area (Å²) in [5.41, 5.74) is 0. The van der Waals surface area contributed by atoms with Crippen LogP contribution in [-0.2, 0) is 9.53 Å². The van der Waals surface area contributed by atoms with Crippen LogP contribution in [0.1, 0.15) is 12.8 Å². The van der Waals surface area contributed by atoms with Crippen LogP contribution in [0.4, 0.5) is 0 Å². The summed E-state index contributed by atoms with van der Waals surface area (Å²) in [4.78, 5) is 11.3. The van der Waals surface area contributed by atoms with Crippen LogP contribution in [0.25, 0.3) is 0 Å². The lowest BCUT2D eigenvalue weighted by molar-refractivity contribution is -0.121. The van der Waals surface area contributed by atoms with Gasteiger partial charge in [0, 0.05) is 25.2 Å². The van der Waals surface area contributed by atoms with E-state index in [9.17, 15) is 4.79 Å². The molecule has 0 aliphatic carbocycles. The molecule has 0 aromatic carbocycles. The zero-order valence-corrected chi connectivity index (χ0v) is 10.3. The average Bonchev–Trinajstić information content (AvgIpc) is 2.15. The molecule has 5 heteroatoms. The van der Waals surface area contributed by atoms with Crippen LogP contribution in [0, 0.1) is 0 Å². The number of nitrogens with one attached hydrogen (secondary N) is 1. The van der Waals surface area contributed by atoms with Gasteiger partial charge in [0.05, 0.1) is 12.6 Å². The first-order valence-corrected chi connectivity index (χ1v) is 6.50. The van der Waals surface area contributed by atoms with Gasteiger partial charge in [-0.2, -0.15) is 11.8 Å². The number of amides is 1. The Bertz CT molecular complexity index is 152. The standard InChI is InChI=1S/C9H18ClNO2S/c1-13-7-8(3-5-10)11-9(12)4-6-14-2/h8H,3-7H2,1-2H3,(H,11,12). The first-order chi connectivity index (χ1) is 6.74. The van der Waals surface area contributed by atoms with Crippen molar-refractivity contribution in [3.05, 3.63) is 0 Å². The Morgan fingerprint density at radius 2 is 2.36 bits per heavy atom. The minimum atomic E-state index is 0.0480. The summed E-state index contributed by atoms with van der Waals surface area (Å²) in [6.07, 6.45) is 3.29. The van der Waals surface area contributed by atoms with Crippen molar-refractivity contribution < 1.29 is 9.53 Å². The Morgan fingerprint density at radius 1 is 1.64 bits per heavy atom. The summed E-state index contributed by atoms with van der Waals surface area (Å²) in [6, 6.07) is 0.0480. The van der Waals surface area contributed by atoms with Crippen LogP contribution in [0.5, 0.6) is 0 Å². The monoisotopic (exact) mass is 239 g/mol. The number of methoxy groups -OCH3 is 1. The SMILES string of the molecule is COCC(CCCl)NC(=O)CCSC. The molecule has 0 aliphatic rings. The Balaban J connectivity index is 3.71. The Kier molecular flexibility index (Phi) is 9.67. The van der Waals surface area contributed by atoms with Gasteiger partial charge in [-0.05, 0) is 12.7 Å². The molecule has 0 rings (SSSR count). The molecule has 0 saturated heterocycles. The third kappa shape index (κ3) is 7.47. The first kappa shape index (κ1) is 14.1. The lowest BCUT2D eigenvalue weighted by Gasteiger charge is -2.16. The van der Waals surface area contributed by atoms with E-state index in [-0.39, 0.29) is 11.9 Å². The van der Waals surface area contributed by atoms with E-state index in [0.29, 0.717) is 18.9 Å². The van der Waals surface area contributed by atoms with Crippen LogP contribution in [0.2, 0.25) is 0 Å². The van der Waals surface area contributed by atoms with Gasteiger partial charge in [-0.3, -0.25) is 4.79 Å². The molecule has 0 heterocycles. The van der Waals surface area contributed by atoms with E-state index < -0.39 is 0 Å². The summed E-state index contributed by atoms with van der Waals surface area (Å²) in [5, 5.41) is 2.89. The van der Waals surface area contributed by atoms with Gasteiger partial charge in [-0.25, -0.2) is 0 Å². The fourth-order valence-electron chi connectivity index (χ4n) is 1.02. The number of hydrogen-bond donors (Lipinski definition) is 1. The maximum Gasteiger partial charge on any atom is 0.221 e. The number of thioether (sulfide) groups is 1. The van der Waals surface area contributed by atoms with E-state index >= 15 is 0 Å². The zero-order valence-electron chi connectivity index (χ0n) is 8.72. The van der Waals surface area contributed by atoms with Gasteiger partial charge in [0.25, 0.3) is 0 Å². The Hall–Kier alpha value is 0.0700. The van der Waals surface area contributed by atoms with Crippen molar-refractivity contribution in [3.63, 3.8) is 0 Å². The van der Waals surface area contributed by atoms with Crippen molar-refractivity contribution in [1.82, 2.24) is 5.32 Å². The molecule has 0 fully saturated rings. The van der Waals surface area contributed by atoms with E-state index in [0.717, 1.165) is 12.2 Å². The van der Waals surface area contributed by atoms with E-state index in [4.69, 9.17) is 16.3 Å². The second kappa shape index (κ2) is 9.62. The van der Waals surface area contributed by atoms with Gasteiger partial charge >= 0.3 is 0 Å². The predicted octanol–water partition coefficient (Wildman–Crippen LogP) is 1.50. The molecule has 0 aromatic rings. The van der Waals surface area contributed by atoms with Gasteiger partial charge in [0.15, 0.2) is 0 Å². The molecule has 1 atom stereocenters. The van der Waals surface area contributed by atoms with Crippen LogP contribution >= 0.6 is 23.4 Å². The first-order valence-electron chi connectivity index (χ1n) is 4.57. The molecule has 0 bridgehead atoms. The zero-order chi connectivity index (χ0) is 10.8. The van der Waals surface area contributed by atoms with Crippen LogP contribution < -0.4 is 5.32 Å². The quantitative estimate of drug-likeness (QED) is 0.653. The highest BCUT2D eigenvalue weighted by atomic mass is 35.5. The molecule has 0 aliphatic heterocycles. The van der Waals surface area contributed by atoms with Crippen molar-refractivity contribution in [3.8, 4) is 0 Å². The number of ether oxygens (including phenoxy) is 1. The van der Waals surface area contributed by atoms with Crippen molar-refractivity contribution in [2.75, 3.05) is 31.6 Å². The summed E-state index contributed by atoms with van der Waals surface area (Å²) >= 11 is 7.27. The van der Waals surface area contributed by atoms with E-state index in [1.807, 2.05) is 6.26 Å². The highest BCUT2D eigenvalue weighted by molar-refractivity contribution is 7.98. The molecule has 1 N–H and O–H groups in total. The number of carbonyl (C=O) groups excluding carboxylic acids is 1. The molecule has 0 radical (unpaired) electrons. The van der Waals surface area contributed by atoms with E-state index in [1.165, 1.54) is 0 Å².